The number of nitrogens with zero attached hydrogens (tertiary/aromatic N) is 2. The van der Waals surface area contributed by atoms with Gasteiger partial charge in [0, 0.05) is 17.0 Å². The van der Waals surface area contributed by atoms with Crippen molar-refractivity contribution in [3.63, 3.8) is 0 Å². The lowest BCUT2D eigenvalue weighted by Gasteiger charge is -2.08. The minimum absolute atomic E-state index is 0.0384. The number of carboxylic acid groups (broad SMARTS) is 1. The van der Waals surface area contributed by atoms with E-state index in [0.29, 0.717) is 26.5 Å². The summed E-state index contributed by atoms with van der Waals surface area (Å²) in [6.45, 7) is 0.0384. The maximum Gasteiger partial charge on any atom is 0.433 e. The number of amides is 1. The Labute approximate surface area is 191 Å². The Hall–Kier alpha value is -2.99. The van der Waals surface area contributed by atoms with Gasteiger partial charge in [0.05, 0.1) is 21.7 Å². The first-order valence-corrected chi connectivity index (χ1v) is 10.7. The highest BCUT2D eigenvalue weighted by Gasteiger charge is 2.30. The highest BCUT2D eigenvalue weighted by Crippen LogP contribution is 2.34. The van der Waals surface area contributed by atoms with Crippen LogP contribution in [-0.2, 0) is 18.1 Å². The van der Waals surface area contributed by atoms with E-state index in [1.807, 2.05) is 0 Å². The predicted molar refractivity (Wildman–Crippen MR) is 115 cm³/mol. The standard InChI is InChI=1S/C20H14BrF4N3O3S/c21-8-15-16(32-18(27-15)10-1-3-11(4-2-10)20(23,24)25)9-31-12-5-6-13(14(22)7-12)17(26)28-19(29)30/h1-7H,8-9H2,(H2,26,28)(H,29,30). The molecule has 0 bridgehead atoms. The summed E-state index contributed by atoms with van der Waals surface area (Å²) in [5, 5.41) is 9.52. The number of aromatic nitrogens is 1. The molecule has 0 fully saturated rings. The number of carbonyl (C=O) groups is 1. The van der Waals surface area contributed by atoms with Gasteiger partial charge < -0.3 is 15.6 Å². The number of amidine groups is 1. The zero-order valence-corrected chi connectivity index (χ0v) is 18.4. The average Bonchev–Trinajstić information content (AvgIpc) is 3.14. The molecule has 6 nitrogen and oxygen atoms in total. The third kappa shape index (κ3) is 5.62. The van der Waals surface area contributed by atoms with Crippen molar-refractivity contribution in [3.05, 3.63) is 70.0 Å². The van der Waals surface area contributed by atoms with E-state index in [1.54, 1.807) is 0 Å². The zero-order chi connectivity index (χ0) is 23.5. The normalized spacial score (nSPS) is 12.1. The van der Waals surface area contributed by atoms with Gasteiger partial charge in [-0.2, -0.15) is 18.2 Å². The minimum Gasteiger partial charge on any atom is -0.488 e. The number of rotatable bonds is 6. The molecule has 3 N–H and O–H groups in total. The van der Waals surface area contributed by atoms with Crippen LogP contribution in [0.25, 0.3) is 10.6 Å². The molecule has 0 saturated heterocycles. The van der Waals surface area contributed by atoms with E-state index in [9.17, 15) is 22.4 Å². The maximum atomic E-state index is 14.2. The van der Waals surface area contributed by atoms with Crippen LogP contribution in [0.1, 0.15) is 21.7 Å². The van der Waals surface area contributed by atoms with Gasteiger partial charge in [-0.1, -0.05) is 28.1 Å². The third-order valence-electron chi connectivity index (χ3n) is 4.17. The second-order valence-corrected chi connectivity index (χ2v) is 7.95. The molecule has 168 valence electrons. The Balaban J connectivity index is 1.77. The van der Waals surface area contributed by atoms with Crippen molar-refractivity contribution in [1.82, 2.24) is 4.98 Å². The number of hydrogen-bond donors (Lipinski definition) is 2. The Bertz CT molecular complexity index is 1160. The fraction of sp³-hybridized carbons (Fsp3) is 0.150. The van der Waals surface area contributed by atoms with Crippen LogP contribution in [0.2, 0.25) is 0 Å². The van der Waals surface area contributed by atoms with E-state index in [1.165, 1.54) is 35.6 Å². The van der Waals surface area contributed by atoms with Gasteiger partial charge in [-0.25, -0.2) is 14.2 Å². The van der Waals surface area contributed by atoms with Gasteiger partial charge in [0.25, 0.3) is 0 Å². The van der Waals surface area contributed by atoms with E-state index in [2.05, 4.69) is 25.9 Å². The van der Waals surface area contributed by atoms with E-state index in [4.69, 9.17) is 15.6 Å². The van der Waals surface area contributed by atoms with Crippen LogP contribution in [0, 0.1) is 5.82 Å². The number of nitrogens with two attached hydrogens (primary N) is 1. The van der Waals surface area contributed by atoms with Crippen LogP contribution < -0.4 is 10.5 Å². The van der Waals surface area contributed by atoms with Crippen LogP contribution in [0.5, 0.6) is 5.75 Å². The van der Waals surface area contributed by atoms with Crippen molar-refractivity contribution in [1.29, 1.82) is 0 Å². The van der Waals surface area contributed by atoms with Crippen molar-refractivity contribution >= 4 is 39.2 Å². The van der Waals surface area contributed by atoms with Crippen molar-refractivity contribution in [3.8, 4) is 16.3 Å². The topological polar surface area (TPSA) is 97.8 Å². The first kappa shape index (κ1) is 23.7. The van der Waals surface area contributed by atoms with Crippen molar-refractivity contribution in [2.75, 3.05) is 0 Å². The fourth-order valence-electron chi connectivity index (χ4n) is 2.63. The quantitative estimate of drug-likeness (QED) is 0.180. The number of ether oxygens (including phenoxy) is 1. The second kappa shape index (κ2) is 9.65. The lowest BCUT2D eigenvalue weighted by Crippen LogP contribution is -2.17. The van der Waals surface area contributed by atoms with Gasteiger partial charge >= 0.3 is 12.3 Å². The molecule has 12 heteroatoms. The third-order valence-corrected chi connectivity index (χ3v) is 5.82. The molecule has 1 heterocycles. The highest BCUT2D eigenvalue weighted by molar-refractivity contribution is 9.08. The molecule has 0 aliphatic rings. The number of halogens is 5. The number of alkyl halides is 4. The zero-order valence-electron chi connectivity index (χ0n) is 16.0. The van der Waals surface area contributed by atoms with E-state index in [0.717, 1.165) is 18.2 Å². The molecule has 1 aromatic heterocycles. The molecular formula is C20H14BrF4N3O3S. The van der Waals surface area contributed by atoms with Gasteiger partial charge in [0.1, 0.15) is 29.0 Å². The molecular weight excluding hydrogens is 518 g/mol. The molecule has 0 radical (unpaired) electrons. The lowest BCUT2D eigenvalue weighted by molar-refractivity contribution is -0.137. The Morgan fingerprint density at radius 3 is 2.47 bits per heavy atom. The minimum atomic E-state index is -4.42. The lowest BCUT2D eigenvalue weighted by atomic mass is 10.1. The Kier molecular flexibility index (Phi) is 7.14. The number of aliphatic imine (C=N–C) groups is 1. The van der Waals surface area contributed by atoms with Crippen molar-refractivity contribution in [2.45, 2.75) is 18.1 Å². The molecule has 0 saturated carbocycles. The molecule has 3 aromatic rings. The van der Waals surface area contributed by atoms with Crippen molar-refractivity contribution < 1.29 is 32.2 Å². The predicted octanol–water partition coefficient (Wildman–Crippen LogP) is 5.83. The van der Waals surface area contributed by atoms with Gasteiger partial charge in [-0.05, 0) is 24.3 Å². The van der Waals surface area contributed by atoms with Crippen LogP contribution >= 0.6 is 27.3 Å². The SMILES string of the molecule is N/C(=N\C(=O)O)c1ccc(OCc2sc(-c3ccc(C(F)(F)F)cc3)nc2CBr)cc1F. The van der Waals surface area contributed by atoms with Crippen LogP contribution in [-0.4, -0.2) is 22.0 Å². The molecule has 1 amide bonds. The van der Waals surface area contributed by atoms with Gasteiger partial charge in [-0.15, -0.1) is 11.3 Å². The average molecular weight is 532 g/mol. The Morgan fingerprint density at radius 2 is 1.91 bits per heavy atom. The summed E-state index contributed by atoms with van der Waals surface area (Å²) >= 11 is 4.56. The largest absolute Gasteiger partial charge is 0.488 e. The maximum absolute atomic E-state index is 14.2. The molecule has 2 aromatic carbocycles. The summed E-state index contributed by atoms with van der Waals surface area (Å²) < 4.78 is 58.1. The number of benzene rings is 2. The fourth-order valence-corrected chi connectivity index (χ4v) is 4.28. The van der Waals surface area contributed by atoms with E-state index >= 15 is 0 Å². The second-order valence-electron chi connectivity index (χ2n) is 6.31. The number of hydrogen-bond acceptors (Lipinski definition) is 4. The molecule has 0 spiro atoms. The van der Waals surface area contributed by atoms with E-state index in [-0.39, 0.29) is 17.9 Å². The summed E-state index contributed by atoms with van der Waals surface area (Å²) in [7, 11) is 0. The van der Waals surface area contributed by atoms with Crippen LogP contribution in [0.3, 0.4) is 0 Å². The van der Waals surface area contributed by atoms with Crippen LogP contribution in [0.4, 0.5) is 22.4 Å². The van der Waals surface area contributed by atoms with E-state index < -0.39 is 29.5 Å². The summed E-state index contributed by atoms with van der Waals surface area (Å²) in [4.78, 5) is 18.8. The van der Waals surface area contributed by atoms with Gasteiger partial charge in [0.15, 0.2) is 0 Å². The number of thiazole rings is 1. The highest BCUT2D eigenvalue weighted by atomic mass is 79.9. The van der Waals surface area contributed by atoms with Crippen LogP contribution in [0.15, 0.2) is 47.5 Å². The molecule has 3 rings (SSSR count). The molecule has 0 unspecified atom stereocenters. The Morgan fingerprint density at radius 1 is 1.22 bits per heavy atom. The summed E-state index contributed by atoms with van der Waals surface area (Å²) in [6, 6.07) is 8.38. The summed E-state index contributed by atoms with van der Waals surface area (Å²) in [5.74, 6) is -1.12. The first-order chi connectivity index (χ1) is 15.1. The summed E-state index contributed by atoms with van der Waals surface area (Å²) in [6.07, 6.45) is -5.96. The van der Waals surface area contributed by atoms with Gasteiger partial charge in [-0.3, -0.25) is 0 Å². The summed E-state index contributed by atoms with van der Waals surface area (Å²) in [5.41, 5.74) is 5.70. The van der Waals surface area contributed by atoms with Gasteiger partial charge in [0.2, 0.25) is 0 Å². The first-order valence-electron chi connectivity index (χ1n) is 8.80. The van der Waals surface area contributed by atoms with Crippen molar-refractivity contribution in [2.24, 2.45) is 10.7 Å². The smallest absolute Gasteiger partial charge is 0.433 e. The molecule has 0 aliphatic carbocycles. The molecule has 32 heavy (non-hydrogen) atoms. The molecule has 0 atom stereocenters. The molecule has 0 aliphatic heterocycles. The monoisotopic (exact) mass is 531 g/mol.